The molecule has 3 aromatic carbocycles. The molecule has 15 nitrogen and oxygen atoms in total. The molecule has 1 fully saturated rings. The summed E-state index contributed by atoms with van der Waals surface area (Å²) in [6, 6.07) is 8.69. The van der Waals surface area contributed by atoms with Gasteiger partial charge in [0.1, 0.15) is 35.8 Å². The van der Waals surface area contributed by atoms with E-state index in [4.69, 9.17) is 28.4 Å². The quantitative estimate of drug-likeness (QED) is 0.171. The number of carboxylic acid groups (broad SMARTS) is 1. The number of aromatic hydroxyl groups is 1. The Kier molecular flexibility index (Phi) is 6.98. The maximum absolute atomic E-state index is 12.4. The van der Waals surface area contributed by atoms with Crippen LogP contribution in [0, 0.1) is 0 Å². The van der Waals surface area contributed by atoms with Crippen molar-refractivity contribution in [3.05, 3.63) is 65.2 Å². The number of hydrogen-bond acceptors (Lipinski definition) is 14. The molecule has 2 bridgehead atoms. The van der Waals surface area contributed by atoms with E-state index in [1.807, 2.05) is 6.07 Å². The fraction of sp³-hybridized carbons (Fsp3) is 0.382. The van der Waals surface area contributed by atoms with E-state index >= 15 is 0 Å². The molecule has 1 spiro atoms. The number of aliphatic hydroxyl groups is 4. The molecular weight excluding hydrogens is 644 g/mol. The van der Waals surface area contributed by atoms with Crippen LogP contribution in [-0.2, 0) is 16.1 Å². The highest BCUT2D eigenvalue weighted by molar-refractivity contribution is 5.86. The Balaban J connectivity index is 1.34. The van der Waals surface area contributed by atoms with Crippen molar-refractivity contribution in [2.45, 2.75) is 60.6 Å². The number of aliphatic carboxylic acids is 1. The van der Waals surface area contributed by atoms with Crippen molar-refractivity contribution in [1.82, 2.24) is 5.32 Å². The third kappa shape index (κ3) is 4.14. The fourth-order valence-electron chi connectivity index (χ4n) is 7.77. The smallest absolute Gasteiger partial charge is 0.343 e. The van der Waals surface area contributed by atoms with Crippen molar-refractivity contribution in [2.75, 3.05) is 26.6 Å². The number of rotatable bonds is 6. The van der Waals surface area contributed by atoms with Crippen LogP contribution in [0.2, 0.25) is 0 Å². The van der Waals surface area contributed by atoms with Crippen molar-refractivity contribution in [1.29, 1.82) is 0 Å². The normalized spacial score (nSPS) is 32.8. The fourth-order valence-corrected chi connectivity index (χ4v) is 7.77. The number of anilines is 1. The first-order valence-corrected chi connectivity index (χ1v) is 15.6. The molecule has 8 N–H and O–H groups in total. The zero-order valence-electron chi connectivity index (χ0n) is 26.4. The summed E-state index contributed by atoms with van der Waals surface area (Å²) >= 11 is 0. The van der Waals surface area contributed by atoms with Gasteiger partial charge in [0.15, 0.2) is 29.1 Å². The molecule has 49 heavy (non-hydrogen) atoms. The zero-order chi connectivity index (χ0) is 34.6. The van der Waals surface area contributed by atoms with E-state index in [0.29, 0.717) is 46.0 Å². The summed E-state index contributed by atoms with van der Waals surface area (Å²) in [5.74, 6) is -3.34. The predicted molar refractivity (Wildman–Crippen MR) is 168 cm³/mol. The number of phenolic OH excluding ortho intramolecular Hbond substituents is 1. The first-order chi connectivity index (χ1) is 23.5. The van der Waals surface area contributed by atoms with Gasteiger partial charge in [0, 0.05) is 17.7 Å². The second kappa shape index (κ2) is 10.9. The van der Waals surface area contributed by atoms with E-state index in [9.17, 15) is 35.4 Å². The first-order valence-electron chi connectivity index (χ1n) is 15.6. The molecular formula is C34H34N2O13. The minimum absolute atomic E-state index is 0.00172. The SMILES string of the molecule is CNCc1cc(OC)c(OC)c2c1[C@H]1[C@@H](O)Oc3c4c(cc(-c5cccc(O)c5)c3[C@@H]1O2)O[C@@]12O[C@](C(=O)O)(C=C[C@@H]1N4)[C@@H](O)[C@H](O)[C@H]2O. The number of carboxylic acids is 1. The first kappa shape index (κ1) is 31.5. The van der Waals surface area contributed by atoms with Gasteiger partial charge in [0.05, 0.1) is 20.1 Å². The second-order valence-electron chi connectivity index (χ2n) is 12.6. The third-order valence-electron chi connectivity index (χ3n) is 9.99. The number of benzene rings is 3. The molecule has 5 aliphatic heterocycles. The van der Waals surface area contributed by atoms with E-state index in [1.54, 1.807) is 25.2 Å². The lowest BCUT2D eigenvalue weighted by atomic mass is 9.76. The second-order valence-corrected chi connectivity index (χ2v) is 12.6. The van der Waals surface area contributed by atoms with E-state index in [0.717, 1.165) is 11.6 Å². The number of nitrogens with one attached hydrogen (secondary N) is 2. The summed E-state index contributed by atoms with van der Waals surface area (Å²) in [6.07, 6.45) is -5.74. The molecule has 3 aromatic rings. The summed E-state index contributed by atoms with van der Waals surface area (Å²) in [4.78, 5) is 12.4. The Morgan fingerprint density at radius 2 is 1.82 bits per heavy atom. The molecule has 8 rings (SSSR count). The highest BCUT2D eigenvalue weighted by Crippen LogP contribution is 2.63. The van der Waals surface area contributed by atoms with Crippen LogP contribution in [0.5, 0.6) is 34.5 Å². The Morgan fingerprint density at radius 3 is 2.51 bits per heavy atom. The maximum atomic E-state index is 12.4. The van der Waals surface area contributed by atoms with E-state index in [-0.39, 0.29) is 22.9 Å². The molecule has 0 unspecified atom stereocenters. The molecule has 1 saturated heterocycles. The lowest BCUT2D eigenvalue weighted by molar-refractivity contribution is -0.356. The number of hydrogen-bond donors (Lipinski definition) is 8. The Hall–Kier alpha value is -4.77. The van der Waals surface area contributed by atoms with E-state index < -0.39 is 60.0 Å². The molecule has 15 heteroatoms. The van der Waals surface area contributed by atoms with Crippen LogP contribution in [-0.4, -0.2) is 99.9 Å². The van der Waals surface area contributed by atoms with Gasteiger partial charge < -0.3 is 69.7 Å². The van der Waals surface area contributed by atoms with Gasteiger partial charge in [-0.1, -0.05) is 18.2 Å². The topological polar surface area (TPSA) is 218 Å². The average Bonchev–Trinajstić information content (AvgIpc) is 3.50. The van der Waals surface area contributed by atoms with Gasteiger partial charge in [0.2, 0.25) is 17.6 Å². The summed E-state index contributed by atoms with van der Waals surface area (Å²) in [6.45, 7) is 0.407. The minimum atomic E-state index is -2.43. The Bertz CT molecular complexity index is 1920. The van der Waals surface area contributed by atoms with E-state index in [2.05, 4.69) is 10.6 Å². The summed E-state index contributed by atoms with van der Waals surface area (Å²) in [5.41, 5.74) is 0.667. The van der Waals surface area contributed by atoms with Gasteiger partial charge in [-0.05, 0) is 54.1 Å². The zero-order valence-corrected chi connectivity index (χ0v) is 26.4. The standard InChI is InChI=1S/C34H34N2O13/c1-35-12-14-10-18(44-2)25(45-3)28-20(14)22-26(46-28)21-16(13-5-4-6-15(37)9-13)11-17-23(27(21)47-31(22)41)36-19-7-8-33(32(42)43)29(39)24(38)30(40)34(19,48-17)49-33/h4-11,19,22,24,26,29-31,35-41H,12H2,1-3H3,(H,42,43)/t19-,22+,24-,26-,29-,30+,31-,33+,34+/m0/s1. The molecule has 0 saturated carbocycles. The van der Waals surface area contributed by atoms with Crippen molar-refractivity contribution >= 4 is 11.7 Å². The highest BCUT2D eigenvalue weighted by Gasteiger charge is 2.70. The van der Waals surface area contributed by atoms with Crippen molar-refractivity contribution in [3.63, 3.8) is 0 Å². The summed E-state index contributed by atoms with van der Waals surface area (Å²) < 4.78 is 36.6. The van der Waals surface area contributed by atoms with Gasteiger partial charge in [0.25, 0.3) is 5.79 Å². The molecule has 0 aromatic heterocycles. The number of phenols is 1. The van der Waals surface area contributed by atoms with Gasteiger partial charge >= 0.3 is 5.97 Å². The van der Waals surface area contributed by atoms with Crippen LogP contribution in [0.25, 0.3) is 11.1 Å². The van der Waals surface area contributed by atoms with Gasteiger partial charge in [-0.15, -0.1) is 0 Å². The number of carbonyl (C=O) groups is 1. The molecule has 5 aliphatic rings. The molecule has 0 radical (unpaired) electrons. The average molecular weight is 679 g/mol. The number of fused-ring (bicyclic) bond motifs is 8. The number of methoxy groups -OCH3 is 2. The van der Waals surface area contributed by atoms with Crippen LogP contribution >= 0.6 is 0 Å². The lowest BCUT2D eigenvalue weighted by Gasteiger charge is -2.57. The molecule has 258 valence electrons. The van der Waals surface area contributed by atoms with Gasteiger partial charge in [-0.3, -0.25) is 0 Å². The Labute approximate surface area is 278 Å². The molecule has 9 atom stereocenters. The lowest BCUT2D eigenvalue weighted by Crippen LogP contribution is -2.79. The predicted octanol–water partition coefficient (Wildman–Crippen LogP) is 1.10. The van der Waals surface area contributed by atoms with Crippen molar-refractivity contribution in [2.24, 2.45) is 0 Å². The molecule has 0 aliphatic carbocycles. The van der Waals surface area contributed by atoms with E-state index in [1.165, 1.54) is 32.4 Å². The minimum Gasteiger partial charge on any atom is -0.508 e. The van der Waals surface area contributed by atoms with Crippen LogP contribution in [0.3, 0.4) is 0 Å². The largest absolute Gasteiger partial charge is 0.508 e. The summed E-state index contributed by atoms with van der Waals surface area (Å²) in [7, 11) is 4.79. The molecule has 5 heterocycles. The molecule has 0 amide bonds. The van der Waals surface area contributed by atoms with Crippen molar-refractivity contribution in [3.8, 4) is 45.6 Å². The van der Waals surface area contributed by atoms with Crippen LogP contribution in [0.1, 0.15) is 28.7 Å². The van der Waals surface area contributed by atoms with Gasteiger partial charge in [-0.2, -0.15) is 0 Å². The number of aliphatic hydroxyl groups excluding tert-OH is 4. The van der Waals surface area contributed by atoms with Crippen LogP contribution < -0.4 is 34.3 Å². The van der Waals surface area contributed by atoms with Crippen molar-refractivity contribution < 1.29 is 63.9 Å². The van der Waals surface area contributed by atoms with Crippen LogP contribution in [0.15, 0.2) is 48.6 Å². The van der Waals surface area contributed by atoms with Gasteiger partial charge in [-0.25, -0.2) is 4.79 Å². The third-order valence-corrected chi connectivity index (χ3v) is 9.99. The Morgan fingerprint density at radius 1 is 1.02 bits per heavy atom. The number of ether oxygens (including phenoxy) is 6. The maximum Gasteiger partial charge on any atom is 0.343 e. The summed E-state index contributed by atoms with van der Waals surface area (Å²) in [5, 5.41) is 71.5. The monoisotopic (exact) mass is 678 g/mol. The van der Waals surface area contributed by atoms with Crippen LogP contribution in [0.4, 0.5) is 5.69 Å². The highest BCUT2D eigenvalue weighted by atomic mass is 16.7.